The second kappa shape index (κ2) is 7.66. The quantitative estimate of drug-likeness (QED) is 0.759. The van der Waals surface area contributed by atoms with Crippen molar-refractivity contribution in [2.75, 3.05) is 26.3 Å². The van der Waals surface area contributed by atoms with Crippen molar-refractivity contribution in [3.8, 4) is 5.75 Å². The summed E-state index contributed by atoms with van der Waals surface area (Å²) in [5.41, 5.74) is 2.36. The van der Waals surface area contributed by atoms with Gasteiger partial charge in [-0.15, -0.1) is 0 Å². The maximum atomic E-state index is 12.4. The molecule has 2 saturated heterocycles. The first-order valence-corrected chi connectivity index (χ1v) is 9.42. The summed E-state index contributed by atoms with van der Waals surface area (Å²) < 4.78 is 6.20. The molecule has 6 heteroatoms. The van der Waals surface area contributed by atoms with Crippen LogP contribution in [0.3, 0.4) is 0 Å². The second-order valence-electron chi connectivity index (χ2n) is 7.68. The van der Waals surface area contributed by atoms with Crippen molar-refractivity contribution in [3.05, 3.63) is 29.3 Å². The second-order valence-corrected chi connectivity index (χ2v) is 7.68. The lowest BCUT2D eigenvalue weighted by Gasteiger charge is -2.34. The third-order valence-electron chi connectivity index (χ3n) is 5.13. The maximum Gasteiger partial charge on any atom is 0.328 e. The van der Waals surface area contributed by atoms with Gasteiger partial charge in [0.2, 0.25) is 0 Å². The van der Waals surface area contributed by atoms with Gasteiger partial charge < -0.3 is 9.64 Å². The van der Waals surface area contributed by atoms with E-state index in [1.54, 1.807) is 4.90 Å². The molecule has 3 amide bonds. The first-order valence-electron chi connectivity index (χ1n) is 9.42. The Morgan fingerprint density at radius 3 is 2.46 bits per heavy atom. The van der Waals surface area contributed by atoms with Gasteiger partial charge in [0.25, 0.3) is 5.91 Å². The molecule has 2 aliphatic rings. The fraction of sp³-hybridized carbons (Fsp3) is 0.600. The number of likely N-dealkylation sites (tertiary alicyclic amines) is 1. The number of benzene rings is 1. The van der Waals surface area contributed by atoms with Gasteiger partial charge in [0.15, 0.2) is 0 Å². The summed E-state index contributed by atoms with van der Waals surface area (Å²) in [5, 5.41) is 0. The number of nitrogens with zero attached hydrogens (tertiary/aromatic N) is 3. The van der Waals surface area contributed by atoms with E-state index in [4.69, 9.17) is 4.74 Å². The normalized spacial score (nSPS) is 19.7. The van der Waals surface area contributed by atoms with E-state index in [0.29, 0.717) is 6.67 Å². The summed E-state index contributed by atoms with van der Waals surface area (Å²) in [6, 6.07) is 6.03. The molecule has 0 aromatic heterocycles. The van der Waals surface area contributed by atoms with Crippen LogP contribution < -0.4 is 4.74 Å². The molecule has 1 aromatic rings. The minimum Gasteiger partial charge on any atom is -0.490 e. The van der Waals surface area contributed by atoms with Crippen LogP contribution in [0.4, 0.5) is 4.79 Å². The fourth-order valence-corrected chi connectivity index (χ4v) is 3.61. The van der Waals surface area contributed by atoms with Crippen molar-refractivity contribution in [3.63, 3.8) is 0 Å². The molecule has 0 bridgehead atoms. The zero-order chi connectivity index (χ0) is 18.8. The fourth-order valence-electron chi connectivity index (χ4n) is 3.61. The van der Waals surface area contributed by atoms with Gasteiger partial charge in [-0.1, -0.05) is 12.1 Å². The Morgan fingerprint density at radius 2 is 1.85 bits per heavy atom. The van der Waals surface area contributed by atoms with Crippen molar-refractivity contribution in [1.82, 2.24) is 14.7 Å². The van der Waals surface area contributed by atoms with Crippen molar-refractivity contribution < 1.29 is 14.3 Å². The summed E-state index contributed by atoms with van der Waals surface area (Å²) in [6.07, 6.45) is 2.06. The summed E-state index contributed by atoms with van der Waals surface area (Å²) in [5.74, 6) is 0.870. The number of carbonyl (C=O) groups excluding carboxylic acids is 2. The topological polar surface area (TPSA) is 53.1 Å². The van der Waals surface area contributed by atoms with E-state index in [1.807, 2.05) is 13.8 Å². The van der Waals surface area contributed by atoms with Crippen molar-refractivity contribution in [1.29, 1.82) is 0 Å². The Morgan fingerprint density at radius 1 is 1.15 bits per heavy atom. The Kier molecular flexibility index (Phi) is 5.51. The van der Waals surface area contributed by atoms with Crippen LogP contribution in [0.1, 0.15) is 37.8 Å². The van der Waals surface area contributed by atoms with Gasteiger partial charge >= 0.3 is 6.03 Å². The number of urea groups is 1. The molecule has 2 heterocycles. The van der Waals surface area contributed by atoms with E-state index in [-0.39, 0.29) is 30.6 Å². The molecular formula is C20H29N3O3. The van der Waals surface area contributed by atoms with Gasteiger partial charge in [-0.3, -0.25) is 14.6 Å². The highest BCUT2D eigenvalue weighted by Crippen LogP contribution is 2.24. The van der Waals surface area contributed by atoms with Crippen LogP contribution in [0.15, 0.2) is 18.2 Å². The Balaban J connectivity index is 1.51. The van der Waals surface area contributed by atoms with Crippen LogP contribution in [-0.4, -0.2) is 65.1 Å². The van der Waals surface area contributed by atoms with Gasteiger partial charge in [0.1, 0.15) is 18.4 Å². The van der Waals surface area contributed by atoms with E-state index in [9.17, 15) is 9.59 Å². The monoisotopic (exact) mass is 359 g/mol. The SMILES string of the molecule is Cc1ccc(C)c(OC2CCN(CN3CC(=O)N(C(C)C)C3=O)CC2)c1. The van der Waals surface area contributed by atoms with Crippen LogP contribution in [0, 0.1) is 13.8 Å². The van der Waals surface area contributed by atoms with Crippen molar-refractivity contribution in [2.45, 2.75) is 52.7 Å². The molecule has 0 spiro atoms. The number of hydrogen-bond donors (Lipinski definition) is 0. The molecule has 0 atom stereocenters. The zero-order valence-electron chi connectivity index (χ0n) is 16.2. The first kappa shape index (κ1) is 18.7. The lowest BCUT2D eigenvalue weighted by atomic mass is 10.1. The van der Waals surface area contributed by atoms with Crippen LogP contribution in [-0.2, 0) is 4.79 Å². The number of amides is 3. The number of piperidine rings is 1. The molecule has 2 aliphatic heterocycles. The number of aryl methyl sites for hydroxylation is 2. The lowest BCUT2D eigenvalue weighted by Crippen LogP contribution is -2.46. The van der Waals surface area contributed by atoms with E-state index < -0.39 is 0 Å². The van der Waals surface area contributed by atoms with Gasteiger partial charge in [-0.05, 0) is 57.7 Å². The van der Waals surface area contributed by atoms with Gasteiger partial charge in [-0.25, -0.2) is 4.79 Å². The third kappa shape index (κ3) is 4.01. The number of imide groups is 1. The highest BCUT2D eigenvalue weighted by Gasteiger charge is 2.38. The Labute approximate surface area is 155 Å². The Hall–Kier alpha value is -2.08. The molecule has 0 saturated carbocycles. The molecule has 6 nitrogen and oxygen atoms in total. The molecule has 0 unspecified atom stereocenters. The smallest absolute Gasteiger partial charge is 0.328 e. The highest BCUT2D eigenvalue weighted by molar-refractivity contribution is 6.02. The van der Waals surface area contributed by atoms with Crippen LogP contribution in [0.25, 0.3) is 0 Å². The van der Waals surface area contributed by atoms with Crippen molar-refractivity contribution in [2.24, 2.45) is 0 Å². The van der Waals surface area contributed by atoms with Crippen molar-refractivity contribution >= 4 is 11.9 Å². The van der Waals surface area contributed by atoms with E-state index in [0.717, 1.165) is 37.2 Å². The van der Waals surface area contributed by atoms with Crippen LogP contribution in [0.5, 0.6) is 5.75 Å². The molecule has 26 heavy (non-hydrogen) atoms. The summed E-state index contributed by atoms with van der Waals surface area (Å²) >= 11 is 0. The highest BCUT2D eigenvalue weighted by atomic mass is 16.5. The molecule has 0 radical (unpaired) electrons. The number of hydrogen-bond acceptors (Lipinski definition) is 4. The predicted octanol–water partition coefficient (Wildman–Crippen LogP) is 2.78. The molecule has 0 N–H and O–H groups in total. The lowest BCUT2D eigenvalue weighted by molar-refractivity contribution is -0.126. The minimum atomic E-state index is -0.168. The van der Waals surface area contributed by atoms with Gasteiger partial charge in [0.05, 0.1) is 6.67 Å². The van der Waals surface area contributed by atoms with Gasteiger partial charge in [-0.2, -0.15) is 0 Å². The van der Waals surface area contributed by atoms with Gasteiger partial charge in [0, 0.05) is 19.1 Å². The Bertz CT molecular complexity index is 681. The maximum absolute atomic E-state index is 12.4. The average molecular weight is 359 g/mol. The molecule has 2 fully saturated rings. The van der Waals surface area contributed by atoms with E-state index in [1.165, 1.54) is 10.5 Å². The standard InChI is InChI=1S/C20H29N3O3/c1-14(2)23-19(24)12-22(20(23)25)13-21-9-7-17(8-10-21)26-18-11-15(3)5-6-16(18)4/h5-6,11,14,17H,7-10,12-13H2,1-4H3. The molecule has 3 rings (SSSR count). The number of ether oxygens (including phenoxy) is 1. The predicted molar refractivity (Wildman–Crippen MR) is 100 cm³/mol. The zero-order valence-corrected chi connectivity index (χ0v) is 16.2. The molecule has 1 aromatic carbocycles. The van der Waals surface area contributed by atoms with Crippen LogP contribution in [0.2, 0.25) is 0 Å². The molecular weight excluding hydrogens is 330 g/mol. The van der Waals surface area contributed by atoms with E-state index >= 15 is 0 Å². The van der Waals surface area contributed by atoms with E-state index in [2.05, 4.69) is 36.9 Å². The number of rotatable bonds is 5. The molecule has 142 valence electrons. The third-order valence-corrected chi connectivity index (χ3v) is 5.13. The summed E-state index contributed by atoms with van der Waals surface area (Å²) in [7, 11) is 0. The minimum absolute atomic E-state index is 0.0864. The first-order chi connectivity index (χ1) is 12.3. The summed E-state index contributed by atoms with van der Waals surface area (Å²) in [4.78, 5) is 29.6. The molecule has 0 aliphatic carbocycles. The summed E-state index contributed by atoms with van der Waals surface area (Å²) in [6.45, 7) is 10.3. The largest absolute Gasteiger partial charge is 0.490 e. The average Bonchev–Trinajstić information content (AvgIpc) is 2.86. The number of carbonyl (C=O) groups is 2. The van der Waals surface area contributed by atoms with Crippen LogP contribution >= 0.6 is 0 Å².